The Labute approximate surface area is 180 Å². The van der Waals surface area contributed by atoms with E-state index in [9.17, 15) is 14.4 Å². The summed E-state index contributed by atoms with van der Waals surface area (Å²) in [7, 11) is 0. The number of esters is 2. The summed E-state index contributed by atoms with van der Waals surface area (Å²) in [4.78, 5) is 36.6. The third-order valence-corrected chi connectivity index (χ3v) is 9.73. The van der Waals surface area contributed by atoms with E-state index in [1.54, 1.807) is 0 Å². The third-order valence-electron chi connectivity index (χ3n) is 9.73. The molecule has 30 heavy (non-hydrogen) atoms. The molecule has 0 N–H and O–H groups in total. The summed E-state index contributed by atoms with van der Waals surface area (Å²) < 4.78 is 11.0. The van der Waals surface area contributed by atoms with E-state index < -0.39 is 0 Å². The fourth-order valence-electron chi connectivity index (χ4n) is 8.34. The lowest BCUT2D eigenvalue weighted by molar-refractivity contribution is -0.171. The van der Waals surface area contributed by atoms with Crippen LogP contribution in [0, 0.1) is 40.4 Å². The van der Waals surface area contributed by atoms with Crippen LogP contribution < -0.4 is 0 Å². The number of carbonyl (C=O) groups excluding carboxylic acids is 3. The predicted molar refractivity (Wildman–Crippen MR) is 112 cm³/mol. The Morgan fingerprint density at radius 1 is 1.03 bits per heavy atom. The van der Waals surface area contributed by atoms with Crippen LogP contribution >= 0.6 is 0 Å². The lowest BCUT2D eigenvalue weighted by Gasteiger charge is -2.62. The van der Waals surface area contributed by atoms with E-state index in [1.807, 2.05) is 6.92 Å². The van der Waals surface area contributed by atoms with Gasteiger partial charge in [0.15, 0.2) is 0 Å². The second-order valence-electron chi connectivity index (χ2n) is 10.9. The van der Waals surface area contributed by atoms with Crippen molar-refractivity contribution in [1.82, 2.24) is 0 Å². The van der Waals surface area contributed by atoms with Crippen LogP contribution in [0.5, 0.6) is 0 Å². The largest absolute Gasteiger partial charge is 0.466 e. The molecule has 4 rings (SSSR count). The van der Waals surface area contributed by atoms with Gasteiger partial charge in [0.2, 0.25) is 0 Å². The first-order valence-electron chi connectivity index (χ1n) is 12.0. The summed E-state index contributed by atoms with van der Waals surface area (Å²) in [6.45, 7) is 8.47. The zero-order valence-electron chi connectivity index (χ0n) is 19.1. The normalized spacial score (nSPS) is 45.1. The van der Waals surface area contributed by atoms with Gasteiger partial charge < -0.3 is 9.47 Å². The molecule has 5 heteroatoms. The Hall–Kier alpha value is -1.39. The molecule has 168 valence electrons. The molecule has 0 heterocycles. The number of fused-ring (bicyclic) bond motifs is 5. The second-order valence-corrected chi connectivity index (χ2v) is 10.9. The lowest BCUT2D eigenvalue weighted by Crippen LogP contribution is -2.57. The molecule has 0 spiro atoms. The molecular weight excluding hydrogens is 380 g/mol. The van der Waals surface area contributed by atoms with E-state index >= 15 is 0 Å². The van der Waals surface area contributed by atoms with Gasteiger partial charge in [-0.2, -0.15) is 0 Å². The van der Waals surface area contributed by atoms with Gasteiger partial charge >= 0.3 is 11.9 Å². The zero-order chi connectivity index (χ0) is 21.7. The Morgan fingerprint density at radius 2 is 1.80 bits per heavy atom. The lowest BCUT2D eigenvalue weighted by atomic mass is 9.42. The summed E-state index contributed by atoms with van der Waals surface area (Å²) >= 11 is 0. The van der Waals surface area contributed by atoms with Crippen molar-refractivity contribution in [3.05, 3.63) is 0 Å². The second kappa shape index (κ2) is 7.94. The molecule has 0 aromatic rings. The summed E-state index contributed by atoms with van der Waals surface area (Å²) in [6.07, 6.45) is 8.11. The summed E-state index contributed by atoms with van der Waals surface area (Å²) in [5.41, 5.74) is 0.0849. The molecule has 0 saturated heterocycles. The maximum absolute atomic E-state index is 12.5. The van der Waals surface area contributed by atoms with Gasteiger partial charge in [-0.3, -0.25) is 14.4 Å². The van der Waals surface area contributed by atoms with Crippen LogP contribution in [0.3, 0.4) is 0 Å². The molecule has 0 aliphatic heterocycles. The molecule has 0 aromatic heterocycles. The van der Waals surface area contributed by atoms with Crippen molar-refractivity contribution in [3.8, 4) is 0 Å². The maximum atomic E-state index is 12.5. The first-order chi connectivity index (χ1) is 14.2. The van der Waals surface area contributed by atoms with E-state index in [2.05, 4.69) is 13.8 Å². The molecule has 5 nitrogen and oxygen atoms in total. The van der Waals surface area contributed by atoms with Crippen molar-refractivity contribution in [1.29, 1.82) is 0 Å². The molecule has 0 aromatic carbocycles. The fraction of sp³-hybridized carbons (Fsp3) is 0.880. The minimum atomic E-state index is -0.167. The smallest absolute Gasteiger partial charge is 0.306 e. The molecule has 3 unspecified atom stereocenters. The molecule has 0 radical (unpaired) electrons. The van der Waals surface area contributed by atoms with Gasteiger partial charge in [-0.1, -0.05) is 13.8 Å². The van der Waals surface area contributed by atoms with E-state index in [-0.39, 0.29) is 34.8 Å². The van der Waals surface area contributed by atoms with Gasteiger partial charge in [0.25, 0.3) is 0 Å². The van der Waals surface area contributed by atoms with Crippen LogP contribution in [0.1, 0.15) is 85.5 Å². The van der Waals surface area contributed by atoms with E-state index in [4.69, 9.17) is 9.47 Å². The van der Waals surface area contributed by atoms with Crippen molar-refractivity contribution in [2.24, 2.45) is 40.4 Å². The van der Waals surface area contributed by atoms with Crippen LogP contribution in [-0.2, 0) is 23.9 Å². The molecule has 4 saturated carbocycles. The number of ether oxygens (including phenoxy) is 2. The molecule has 4 aliphatic carbocycles. The summed E-state index contributed by atoms with van der Waals surface area (Å²) in [5.74, 6) is 2.18. The number of rotatable bonds is 4. The predicted octanol–water partition coefficient (Wildman–Crippen LogP) is 4.71. The molecule has 8 atom stereocenters. The highest BCUT2D eigenvalue weighted by Crippen LogP contribution is 2.67. The van der Waals surface area contributed by atoms with Crippen molar-refractivity contribution in [2.75, 3.05) is 6.61 Å². The fourth-order valence-corrected chi connectivity index (χ4v) is 8.34. The van der Waals surface area contributed by atoms with Gasteiger partial charge in [0.05, 0.1) is 6.61 Å². The SMILES string of the molecule is CCOC(=O)CC1CC(=O)CC2CC[C@@H]3[C@H](CC[C@]4(C)C(OC(C)=O)CC[C@@H]34)[C@]21C. The minimum absolute atomic E-state index is 0.0183. The van der Waals surface area contributed by atoms with Crippen LogP contribution in [-0.4, -0.2) is 30.4 Å². The highest BCUT2D eigenvalue weighted by molar-refractivity contribution is 5.81. The standard InChI is InChI=1S/C25H38O5/c1-5-29-23(28)14-17-13-18(27)12-16-6-7-19-20-8-9-22(30-15(2)26)24(20,3)11-10-21(19)25(16,17)4/h16-17,19-22H,5-14H2,1-4H3/t16?,17?,19-,20-,21-,22?,24-,25+/m0/s1. The minimum Gasteiger partial charge on any atom is -0.466 e. The van der Waals surface area contributed by atoms with Gasteiger partial charge in [-0.15, -0.1) is 0 Å². The van der Waals surface area contributed by atoms with E-state index in [0.717, 1.165) is 38.5 Å². The molecule has 4 fully saturated rings. The van der Waals surface area contributed by atoms with Crippen LogP contribution in [0.25, 0.3) is 0 Å². The van der Waals surface area contributed by atoms with Gasteiger partial charge in [-0.05, 0) is 80.5 Å². The van der Waals surface area contributed by atoms with Crippen LogP contribution in [0.2, 0.25) is 0 Å². The average Bonchev–Trinajstić information content (AvgIpc) is 2.99. The Bertz CT molecular complexity index is 716. The van der Waals surface area contributed by atoms with Crippen LogP contribution in [0.15, 0.2) is 0 Å². The molecule has 0 amide bonds. The van der Waals surface area contributed by atoms with E-state index in [0.29, 0.717) is 55.3 Å². The topological polar surface area (TPSA) is 69.7 Å². The van der Waals surface area contributed by atoms with Crippen molar-refractivity contribution < 1.29 is 23.9 Å². The maximum Gasteiger partial charge on any atom is 0.306 e. The first-order valence-corrected chi connectivity index (χ1v) is 12.0. The van der Waals surface area contributed by atoms with Crippen molar-refractivity contribution in [3.63, 3.8) is 0 Å². The Balaban J connectivity index is 1.61. The van der Waals surface area contributed by atoms with Gasteiger partial charge in [0.1, 0.15) is 11.9 Å². The highest BCUT2D eigenvalue weighted by atomic mass is 16.5. The monoisotopic (exact) mass is 418 g/mol. The summed E-state index contributed by atoms with van der Waals surface area (Å²) in [6, 6.07) is 0. The number of hydrogen-bond donors (Lipinski definition) is 0. The Kier molecular flexibility index (Phi) is 5.78. The quantitative estimate of drug-likeness (QED) is 0.619. The molecular formula is C25H38O5. The van der Waals surface area contributed by atoms with Crippen LogP contribution in [0.4, 0.5) is 0 Å². The van der Waals surface area contributed by atoms with Gasteiger partial charge in [0, 0.05) is 31.6 Å². The van der Waals surface area contributed by atoms with E-state index in [1.165, 1.54) is 6.92 Å². The highest BCUT2D eigenvalue weighted by Gasteiger charge is 2.63. The number of Topliss-reactive ketones (excluding diaryl/α,β-unsaturated/α-hetero) is 1. The number of hydrogen-bond acceptors (Lipinski definition) is 5. The number of carbonyl (C=O) groups is 3. The molecule has 0 bridgehead atoms. The molecule has 4 aliphatic rings. The zero-order valence-corrected chi connectivity index (χ0v) is 19.1. The number of ketones is 1. The van der Waals surface area contributed by atoms with Crippen molar-refractivity contribution in [2.45, 2.75) is 91.6 Å². The Morgan fingerprint density at radius 3 is 2.50 bits per heavy atom. The van der Waals surface area contributed by atoms with Crippen molar-refractivity contribution >= 4 is 17.7 Å². The first kappa shape index (κ1) is 21.8. The van der Waals surface area contributed by atoms with Gasteiger partial charge in [-0.25, -0.2) is 0 Å². The third kappa shape index (κ3) is 3.40. The summed E-state index contributed by atoms with van der Waals surface area (Å²) in [5, 5.41) is 0. The average molecular weight is 419 g/mol.